The lowest BCUT2D eigenvalue weighted by Gasteiger charge is -2.25. The summed E-state index contributed by atoms with van der Waals surface area (Å²) in [4.78, 5) is 14.4. The predicted molar refractivity (Wildman–Crippen MR) is 113 cm³/mol. The van der Waals surface area contributed by atoms with Crippen molar-refractivity contribution in [1.29, 1.82) is 0 Å². The molecule has 0 aliphatic heterocycles. The first-order chi connectivity index (χ1) is 13.9. The van der Waals surface area contributed by atoms with Crippen molar-refractivity contribution in [3.05, 3.63) is 78.4 Å². The monoisotopic (exact) mass is 386 g/mol. The number of carbonyl (C=O) groups excluding carboxylic acids is 1. The average molecular weight is 386 g/mol. The molecule has 6 heteroatoms. The van der Waals surface area contributed by atoms with Gasteiger partial charge in [-0.2, -0.15) is 4.80 Å². The molecule has 4 aromatic rings. The van der Waals surface area contributed by atoms with Gasteiger partial charge in [0.15, 0.2) is 5.60 Å². The highest BCUT2D eigenvalue weighted by Crippen LogP contribution is 2.22. The van der Waals surface area contributed by atoms with E-state index in [4.69, 9.17) is 4.74 Å². The molecule has 0 unspecified atom stereocenters. The van der Waals surface area contributed by atoms with Crippen LogP contribution in [0.4, 0.5) is 5.69 Å². The van der Waals surface area contributed by atoms with E-state index in [1.165, 1.54) is 5.56 Å². The number of hydrogen-bond acceptors (Lipinski definition) is 4. The Balaban J connectivity index is 1.53. The first kappa shape index (κ1) is 18.7. The third-order valence-electron chi connectivity index (χ3n) is 4.57. The molecule has 0 bridgehead atoms. The third-order valence-corrected chi connectivity index (χ3v) is 4.57. The van der Waals surface area contributed by atoms with E-state index in [0.717, 1.165) is 11.2 Å². The number of para-hydroxylation sites is 1. The van der Waals surface area contributed by atoms with Crippen LogP contribution in [0.1, 0.15) is 19.4 Å². The maximum Gasteiger partial charge on any atom is 0.267 e. The van der Waals surface area contributed by atoms with E-state index < -0.39 is 5.60 Å². The zero-order valence-electron chi connectivity index (χ0n) is 16.6. The number of ether oxygens (including phenoxy) is 1. The predicted octanol–water partition coefficient (Wildman–Crippen LogP) is 4.53. The smallest absolute Gasteiger partial charge is 0.267 e. The van der Waals surface area contributed by atoms with Gasteiger partial charge in [0.25, 0.3) is 5.91 Å². The quantitative estimate of drug-likeness (QED) is 0.547. The van der Waals surface area contributed by atoms with Crippen LogP contribution in [-0.4, -0.2) is 26.5 Å². The highest BCUT2D eigenvalue weighted by atomic mass is 16.5. The van der Waals surface area contributed by atoms with Crippen molar-refractivity contribution < 1.29 is 9.53 Å². The van der Waals surface area contributed by atoms with Gasteiger partial charge < -0.3 is 10.1 Å². The van der Waals surface area contributed by atoms with E-state index in [0.29, 0.717) is 17.0 Å². The number of aryl methyl sites for hydroxylation is 1. The lowest BCUT2D eigenvalue weighted by molar-refractivity contribution is -0.128. The number of nitrogens with one attached hydrogen (secondary N) is 1. The molecule has 0 fully saturated rings. The van der Waals surface area contributed by atoms with Gasteiger partial charge in [-0.15, -0.1) is 10.2 Å². The molecule has 29 heavy (non-hydrogen) atoms. The minimum absolute atomic E-state index is 0.244. The SMILES string of the molecule is Cc1ccc(-n2nc3ccc(NC(=O)C(C)(C)Oc4ccccc4)cc3n2)cc1. The molecule has 0 aliphatic carbocycles. The molecule has 0 radical (unpaired) electrons. The molecule has 1 heterocycles. The number of amides is 1. The summed E-state index contributed by atoms with van der Waals surface area (Å²) in [6.07, 6.45) is 0. The van der Waals surface area contributed by atoms with Gasteiger partial charge in [0.1, 0.15) is 16.8 Å². The second kappa shape index (κ2) is 7.39. The minimum Gasteiger partial charge on any atom is -0.478 e. The molecule has 0 saturated carbocycles. The Morgan fingerprint density at radius 1 is 0.931 bits per heavy atom. The van der Waals surface area contributed by atoms with Crippen LogP contribution >= 0.6 is 0 Å². The average Bonchev–Trinajstić information content (AvgIpc) is 3.12. The Labute approximate surface area is 169 Å². The zero-order valence-corrected chi connectivity index (χ0v) is 16.6. The molecule has 1 N–H and O–H groups in total. The molecule has 0 atom stereocenters. The Kier molecular flexibility index (Phi) is 4.76. The van der Waals surface area contributed by atoms with Gasteiger partial charge in [-0.1, -0.05) is 35.9 Å². The number of nitrogens with zero attached hydrogens (tertiary/aromatic N) is 3. The number of carbonyl (C=O) groups is 1. The first-order valence-corrected chi connectivity index (χ1v) is 9.40. The van der Waals surface area contributed by atoms with Gasteiger partial charge >= 0.3 is 0 Å². The fourth-order valence-electron chi connectivity index (χ4n) is 2.90. The van der Waals surface area contributed by atoms with Crippen LogP contribution in [0.5, 0.6) is 5.75 Å². The number of benzene rings is 3. The largest absolute Gasteiger partial charge is 0.478 e. The van der Waals surface area contributed by atoms with E-state index in [1.807, 2.05) is 79.7 Å². The molecule has 146 valence electrons. The van der Waals surface area contributed by atoms with Gasteiger partial charge in [-0.05, 0) is 63.2 Å². The molecule has 6 nitrogen and oxygen atoms in total. The number of aromatic nitrogens is 3. The van der Waals surface area contributed by atoms with E-state index in [-0.39, 0.29) is 5.91 Å². The summed E-state index contributed by atoms with van der Waals surface area (Å²) in [7, 11) is 0. The van der Waals surface area contributed by atoms with Crippen LogP contribution in [-0.2, 0) is 4.79 Å². The van der Waals surface area contributed by atoms with E-state index >= 15 is 0 Å². The topological polar surface area (TPSA) is 69.0 Å². The highest BCUT2D eigenvalue weighted by Gasteiger charge is 2.30. The fourth-order valence-corrected chi connectivity index (χ4v) is 2.90. The summed E-state index contributed by atoms with van der Waals surface area (Å²) in [5.74, 6) is 0.399. The summed E-state index contributed by atoms with van der Waals surface area (Å²) < 4.78 is 5.85. The summed E-state index contributed by atoms with van der Waals surface area (Å²) in [5, 5.41) is 11.9. The maximum atomic E-state index is 12.8. The molecule has 0 saturated heterocycles. The maximum absolute atomic E-state index is 12.8. The summed E-state index contributed by atoms with van der Waals surface area (Å²) >= 11 is 0. The molecule has 1 aromatic heterocycles. The molecule has 0 spiro atoms. The van der Waals surface area contributed by atoms with Gasteiger partial charge in [-0.25, -0.2) is 0 Å². The lowest BCUT2D eigenvalue weighted by Crippen LogP contribution is -2.42. The van der Waals surface area contributed by atoms with Crippen molar-refractivity contribution in [1.82, 2.24) is 15.0 Å². The Morgan fingerprint density at radius 3 is 2.34 bits per heavy atom. The highest BCUT2D eigenvalue weighted by molar-refractivity contribution is 5.98. The summed E-state index contributed by atoms with van der Waals surface area (Å²) in [6.45, 7) is 5.51. The van der Waals surface area contributed by atoms with E-state index in [2.05, 4.69) is 15.5 Å². The van der Waals surface area contributed by atoms with Crippen LogP contribution in [0.15, 0.2) is 72.8 Å². The Morgan fingerprint density at radius 2 is 1.62 bits per heavy atom. The number of fused-ring (bicyclic) bond motifs is 1. The standard InChI is InChI=1S/C23H22N4O2/c1-16-9-12-18(13-10-16)27-25-20-14-11-17(15-21(20)26-27)24-22(28)23(2,3)29-19-7-5-4-6-8-19/h4-15H,1-3H3,(H,24,28). The Bertz CT molecular complexity index is 1150. The van der Waals surface area contributed by atoms with Crippen molar-refractivity contribution in [2.75, 3.05) is 5.32 Å². The molecule has 3 aromatic carbocycles. The van der Waals surface area contributed by atoms with Gasteiger partial charge in [0.2, 0.25) is 0 Å². The Hall–Kier alpha value is -3.67. The summed E-state index contributed by atoms with van der Waals surface area (Å²) in [5.41, 5.74) is 3.12. The van der Waals surface area contributed by atoms with Crippen LogP contribution in [0.25, 0.3) is 16.7 Å². The van der Waals surface area contributed by atoms with Crippen LogP contribution in [0.3, 0.4) is 0 Å². The van der Waals surface area contributed by atoms with Crippen molar-refractivity contribution in [3.63, 3.8) is 0 Å². The zero-order chi connectivity index (χ0) is 20.4. The van der Waals surface area contributed by atoms with Crippen LogP contribution in [0.2, 0.25) is 0 Å². The van der Waals surface area contributed by atoms with Crippen molar-refractivity contribution in [2.24, 2.45) is 0 Å². The fraction of sp³-hybridized carbons (Fsp3) is 0.174. The second-order valence-electron chi connectivity index (χ2n) is 7.41. The minimum atomic E-state index is -1.03. The molecular formula is C23H22N4O2. The van der Waals surface area contributed by atoms with Crippen LogP contribution < -0.4 is 10.1 Å². The third kappa shape index (κ3) is 4.11. The molecule has 1 amide bonds. The van der Waals surface area contributed by atoms with Gasteiger partial charge in [-0.3, -0.25) is 4.79 Å². The van der Waals surface area contributed by atoms with Crippen molar-refractivity contribution >= 4 is 22.6 Å². The molecular weight excluding hydrogens is 364 g/mol. The van der Waals surface area contributed by atoms with Crippen LogP contribution in [0, 0.1) is 6.92 Å². The molecule has 0 aliphatic rings. The normalized spacial score (nSPS) is 11.4. The number of rotatable bonds is 5. The second-order valence-corrected chi connectivity index (χ2v) is 7.41. The number of hydrogen-bond donors (Lipinski definition) is 1. The number of anilines is 1. The van der Waals surface area contributed by atoms with E-state index in [9.17, 15) is 4.79 Å². The van der Waals surface area contributed by atoms with Crippen molar-refractivity contribution in [2.45, 2.75) is 26.4 Å². The van der Waals surface area contributed by atoms with E-state index in [1.54, 1.807) is 18.6 Å². The van der Waals surface area contributed by atoms with Gasteiger partial charge in [0.05, 0.1) is 5.69 Å². The summed E-state index contributed by atoms with van der Waals surface area (Å²) in [6, 6.07) is 22.7. The van der Waals surface area contributed by atoms with Gasteiger partial charge in [0, 0.05) is 5.69 Å². The molecule has 4 rings (SSSR count). The lowest BCUT2D eigenvalue weighted by atomic mass is 10.1. The van der Waals surface area contributed by atoms with Crippen molar-refractivity contribution in [3.8, 4) is 11.4 Å². The first-order valence-electron chi connectivity index (χ1n) is 9.40.